The van der Waals surface area contributed by atoms with Gasteiger partial charge in [-0.15, -0.1) is 0 Å². The number of aromatic nitrogens is 1. The minimum atomic E-state index is -3.45. The second-order valence-corrected chi connectivity index (χ2v) is 6.60. The molecule has 2 aromatic carbocycles. The molecule has 0 fully saturated rings. The van der Waals surface area contributed by atoms with Crippen molar-refractivity contribution in [3.05, 3.63) is 48.0 Å². The monoisotopic (exact) mass is 303 g/mol. The molecule has 0 unspecified atom stereocenters. The van der Waals surface area contributed by atoms with Crippen molar-refractivity contribution >= 4 is 37.8 Å². The third-order valence-electron chi connectivity index (χ3n) is 3.38. The maximum atomic E-state index is 12.1. The Bertz CT molecular complexity index is 970. The smallest absolute Gasteiger partial charge is 0.337 e. The Morgan fingerprint density at radius 3 is 2.38 bits per heavy atom. The van der Waals surface area contributed by atoms with Gasteiger partial charge in [-0.3, -0.25) is 0 Å². The molecule has 5 nitrogen and oxygen atoms in total. The fourth-order valence-corrected chi connectivity index (χ4v) is 3.57. The van der Waals surface area contributed by atoms with E-state index in [1.54, 1.807) is 30.3 Å². The van der Waals surface area contributed by atoms with Crippen LogP contribution in [0.5, 0.6) is 0 Å². The summed E-state index contributed by atoms with van der Waals surface area (Å²) in [5, 5.41) is 1.49. The van der Waals surface area contributed by atoms with Gasteiger partial charge >= 0.3 is 5.97 Å². The van der Waals surface area contributed by atoms with Gasteiger partial charge in [0.1, 0.15) is 0 Å². The number of ether oxygens (including phenoxy) is 1. The van der Waals surface area contributed by atoms with E-state index in [9.17, 15) is 13.2 Å². The summed E-state index contributed by atoms with van der Waals surface area (Å²) >= 11 is 0. The van der Waals surface area contributed by atoms with Crippen LogP contribution >= 0.6 is 0 Å². The first-order valence-corrected chi connectivity index (χ1v) is 8.10. The third kappa shape index (κ3) is 2.08. The van der Waals surface area contributed by atoms with Crippen LogP contribution in [0.1, 0.15) is 10.4 Å². The lowest BCUT2D eigenvalue weighted by Crippen LogP contribution is -2.09. The maximum Gasteiger partial charge on any atom is 0.337 e. The molecule has 0 aliphatic heterocycles. The average molecular weight is 303 g/mol. The number of methoxy groups -OCH3 is 1. The second kappa shape index (κ2) is 4.60. The first-order valence-electron chi connectivity index (χ1n) is 6.25. The molecule has 0 N–H and O–H groups in total. The zero-order chi connectivity index (χ0) is 15.2. The molecule has 3 aromatic rings. The summed E-state index contributed by atoms with van der Waals surface area (Å²) in [6.07, 6.45) is 1.16. The Hall–Kier alpha value is -2.34. The van der Waals surface area contributed by atoms with Gasteiger partial charge < -0.3 is 4.74 Å². The van der Waals surface area contributed by atoms with Gasteiger partial charge in [-0.2, -0.15) is 0 Å². The second-order valence-electron chi connectivity index (χ2n) is 4.77. The molecule has 108 valence electrons. The molecule has 0 atom stereocenters. The number of carbonyl (C=O) groups excluding carboxylic acids is 1. The van der Waals surface area contributed by atoms with Crippen molar-refractivity contribution in [3.8, 4) is 0 Å². The highest BCUT2D eigenvalue weighted by molar-refractivity contribution is 7.89. The summed E-state index contributed by atoms with van der Waals surface area (Å²) in [6.45, 7) is 0. The Kier molecular flexibility index (Phi) is 2.98. The van der Waals surface area contributed by atoms with Crippen molar-refractivity contribution in [2.24, 2.45) is 0 Å². The predicted molar refractivity (Wildman–Crippen MR) is 81.0 cm³/mol. The van der Waals surface area contributed by atoms with Crippen LogP contribution < -0.4 is 0 Å². The van der Waals surface area contributed by atoms with Crippen LogP contribution in [0.2, 0.25) is 0 Å². The highest BCUT2D eigenvalue weighted by atomic mass is 32.2. The molecule has 1 heterocycles. The first kappa shape index (κ1) is 13.6. The normalized spacial score (nSPS) is 11.9. The molecule has 21 heavy (non-hydrogen) atoms. The molecule has 0 amide bonds. The molecule has 0 aliphatic rings. The van der Waals surface area contributed by atoms with Gasteiger partial charge in [0.25, 0.3) is 0 Å². The van der Waals surface area contributed by atoms with Crippen molar-refractivity contribution in [1.29, 1.82) is 0 Å². The van der Waals surface area contributed by atoms with Crippen LogP contribution in [-0.2, 0) is 14.8 Å². The van der Waals surface area contributed by atoms with E-state index in [1.165, 1.54) is 11.1 Å². The van der Waals surface area contributed by atoms with Crippen molar-refractivity contribution in [2.75, 3.05) is 13.4 Å². The molecular formula is C15H13NO4S. The fraction of sp³-hybridized carbons (Fsp3) is 0.133. The SMILES string of the molecule is COC(=O)c1ccc2c(c1)c1ccccc1n2S(C)(=O)=O. The van der Waals surface area contributed by atoms with Gasteiger partial charge in [-0.25, -0.2) is 17.2 Å². The number of hydrogen-bond acceptors (Lipinski definition) is 4. The van der Waals surface area contributed by atoms with Crippen molar-refractivity contribution in [1.82, 2.24) is 3.97 Å². The van der Waals surface area contributed by atoms with E-state index >= 15 is 0 Å². The van der Waals surface area contributed by atoms with Gasteiger partial charge in [0.2, 0.25) is 10.0 Å². The van der Waals surface area contributed by atoms with Crippen molar-refractivity contribution in [2.45, 2.75) is 0 Å². The highest BCUT2D eigenvalue weighted by Crippen LogP contribution is 2.30. The van der Waals surface area contributed by atoms with Crippen LogP contribution in [0.3, 0.4) is 0 Å². The largest absolute Gasteiger partial charge is 0.465 e. The summed E-state index contributed by atoms with van der Waals surface area (Å²) < 4.78 is 30.1. The van der Waals surface area contributed by atoms with E-state index in [-0.39, 0.29) is 0 Å². The highest BCUT2D eigenvalue weighted by Gasteiger charge is 2.18. The molecule has 0 aliphatic carbocycles. The molecule has 1 aromatic heterocycles. The minimum Gasteiger partial charge on any atom is -0.465 e. The summed E-state index contributed by atoms with van der Waals surface area (Å²) in [6, 6.07) is 12.0. The molecule has 0 saturated carbocycles. The Morgan fingerprint density at radius 2 is 1.71 bits per heavy atom. The zero-order valence-corrected chi connectivity index (χ0v) is 12.3. The van der Waals surface area contributed by atoms with Gasteiger partial charge in [-0.1, -0.05) is 18.2 Å². The van der Waals surface area contributed by atoms with Crippen LogP contribution in [0, 0.1) is 0 Å². The number of nitrogens with zero attached hydrogens (tertiary/aromatic N) is 1. The summed E-state index contributed by atoms with van der Waals surface area (Å²) in [5.41, 5.74) is 1.53. The van der Waals surface area contributed by atoms with E-state index in [0.29, 0.717) is 22.0 Å². The first-order chi connectivity index (χ1) is 9.93. The Labute approximate surface area is 121 Å². The molecule has 0 radical (unpaired) electrons. The van der Waals surface area contributed by atoms with E-state index in [1.807, 2.05) is 12.1 Å². The number of para-hydroxylation sites is 1. The maximum absolute atomic E-state index is 12.1. The minimum absolute atomic E-state index is 0.390. The van der Waals surface area contributed by atoms with Gasteiger partial charge in [0.15, 0.2) is 0 Å². The number of fused-ring (bicyclic) bond motifs is 3. The molecule has 6 heteroatoms. The number of esters is 1. The van der Waals surface area contributed by atoms with Crippen LogP contribution in [-0.4, -0.2) is 31.7 Å². The van der Waals surface area contributed by atoms with Crippen LogP contribution in [0.4, 0.5) is 0 Å². The van der Waals surface area contributed by atoms with Gasteiger partial charge in [-0.05, 0) is 24.3 Å². The van der Waals surface area contributed by atoms with Crippen LogP contribution in [0.25, 0.3) is 21.8 Å². The summed E-state index contributed by atoms with van der Waals surface area (Å²) in [7, 11) is -2.14. The Balaban J connectivity index is 2.49. The van der Waals surface area contributed by atoms with Crippen LogP contribution in [0.15, 0.2) is 42.5 Å². The zero-order valence-electron chi connectivity index (χ0n) is 11.5. The lowest BCUT2D eigenvalue weighted by Gasteiger charge is -2.04. The van der Waals surface area contributed by atoms with E-state index in [4.69, 9.17) is 4.74 Å². The number of hydrogen-bond donors (Lipinski definition) is 0. The average Bonchev–Trinajstić information content (AvgIpc) is 2.80. The molecule has 0 bridgehead atoms. The standard InChI is InChI=1S/C15H13NO4S/c1-20-15(17)10-7-8-14-12(9-10)11-5-3-4-6-13(11)16(14)21(2,18)19/h3-9H,1-2H3. The van der Waals surface area contributed by atoms with Crippen molar-refractivity contribution < 1.29 is 17.9 Å². The van der Waals surface area contributed by atoms with Gasteiger partial charge in [0, 0.05) is 10.8 Å². The quantitative estimate of drug-likeness (QED) is 0.682. The molecule has 0 spiro atoms. The fourth-order valence-electron chi connectivity index (χ4n) is 2.54. The third-order valence-corrected chi connectivity index (χ3v) is 4.44. The number of rotatable bonds is 2. The molecule has 0 saturated heterocycles. The van der Waals surface area contributed by atoms with E-state index < -0.39 is 16.0 Å². The Morgan fingerprint density at radius 1 is 1.05 bits per heavy atom. The predicted octanol–water partition coefficient (Wildman–Crippen LogP) is 2.39. The number of benzene rings is 2. The van der Waals surface area contributed by atoms with Crippen molar-refractivity contribution in [3.63, 3.8) is 0 Å². The molecular weight excluding hydrogens is 290 g/mol. The lowest BCUT2D eigenvalue weighted by atomic mass is 10.1. The topological polar surface area (TPSA) is 65.4 Å². The van der Waals surface area contributed by atoms with E-state index in [0.717, 1.165) is 11.6 Å². The van der Waals surface area contributed by atoms with E-state index in [2.05, 4.69) is 0 Å². The number of carbonyl (C=O) groups is 1. The van der Waals surface area contributed by atoms with Gasteiger partial charge in [0.05, 0.1) is 30.0 Å². The molecule has 3 rings (SSSR count). The summed E-state index contributed by atoms with van der Waals surface area (Å²) in [5.74, 6) is -0.451. The lowest BCUT2D eigenvalue weighted by molar-refractivity contribution is 0.0601. The summed E-state index contributed by atoms with van der Waals surface area (Å²) in [4.78, 5) is 11.6.